The standard InChI is InChI=1S/C47H51O3P/c1-7-8-24-51(42-18-12-9-13-19-42,43-20-14-10-15-21-43,44-22-16-11-17-23-44)50-47-40(31-38-27-34(3)45(48)35(4)28-38)25-33(2)26-41(47)32-39-29-36(5)46(49)37(6)30-39/h9-23,25-30,48-49H,7-8,24,31-32H2,1-6H3. The van der Waals surface area contributed by atoms with Gasteiger partial charge in [0.1, 0.15) is 0 Å². The number of benzene rings is 6. The summed E-state index contributed by atoms with van der Waals surface area (Å²) in [6.07, 6.45) is 4.16. The molecule has 2 N–H and O–H groups in total. The van der Waals surface area contributed by atoms with E-state index in [0.717, 1.165) is 69.3 Å². The Morgan fingerprint density at radius 3 is 1.20 bits per heavy atom. The van der Waals surface area contributed by atoms with Crippen molar-refractivity contribution in [2.45, 2.75) is 67.2 Å². The van der Waals surface area contributed by atoms with Crippen LogP contribution < -0.4 is 20.4 Å². The van der Waals surface area contributed by atoms with E-state index < -0.39 is 6.83 Å². The van der Waals surface area contributed by atoms with E-state index in [9.17, 15) is 10.2 Å². The Morgan fingerprint density at radius 1 is 0.510 bits per heavy atom. The molecule has 0 radical (unpaired) electrons. The quantitative estimate of drug-likeness (QED) is 0.125. The monoisotopic (exact) mass is 694 g/mol. The van der Waals surface area contributed by atoms with Gasteiger partial charge in [-0.3, -0.25) is 0 Å². The van der Waals surface area contributed by atoms with Gasteiger partial charge in [0.2, 0.25) is 0 Å². The predicted molar refractivity (Wildman–Crippen MR) is 218 cm³/mol. The van der Waals surface area contributed by atoms with E-state index in [4.69, 9.17) is 4.52 Å². The number of hydrogen-bond acceptors (Lipinski definition) is 3. The van der Waals surface area contributed by atoms with Crippen molar-refractivity contribution in [3.05, 3.63) is 177 Å². The van der Waals surface area contributed by atoms with E-state index in [1.165, 1.54) is 21.5 Å². The molecule has 3 nitrogen and oxygen atoms in total. The summed E-state index contributed by atoms with van der Waals surface area (Å²) in [4.78, 5) is 0. The number of phenolic OH excluding ortho intramolecular Hbond substituents is 2. The zero-order valence-electron chi connectivity index (χ0n) is 30.9. The Labute approximate surface area is 304 Å². The van der Waals surface area contributed by atoms with Gasteiger partial charge >= 0.3 is 306 Å². The molecule has 262 valence electrons. The first kappa shape index (κ1) is 36.0. The van der Waals surface area contributed by atoms with E-state index in [-0.39, 0.29) is 0 Å². The van der Waals surface area contributed by atoms with Crippen molar-refractivity contribution in [3.8, 4) is 17.2 Å². The van der Waals surface area contributed by atoms with E-state index in [1.807, 2.05) is 27.7 Å². The third-order valence-electron chi connectivity index (χ3n) is 10.4. The summed E-state index contributed by atoms with van der Waals surface area (Å²) in [5.41, 5.74) is 9.16. The van der Waals surface area contributed by atoms with E-state index in [2.05, 4.69) is 141 Å². The van der Waals surface area contributed by atoms with Crippen molar-refractivity contribution in [1.82, 2.24) is 0 Å². The van der Waals surface area contributed by atoms with Gasteiger partial charge in [-0.25, -0.2) is 0 Å². The number of aryl methyl sites for hydroxylation is 5. The van der Waals surface area contributed by atoms with Crippen LogP contribution in [0, 0.1) is 34.6 Å². The fourth-order valence-electron chi connectivity index (χ4n) is 7.97. The third kappa shape index (κ3) is 6.80. The second kappa shape index (κ2) is 14.8. The SMILES string of the molecule is CCCCP(Oc1c(Cc2cc(C)c(O)c(C)c2)cc(C)cc1Cc1cc(C)c(O)c(C)c1)(c1ccccc1)(c1ccccc1)c1ccccc1. The summed E-state index contributed by atoms with van der Waals surface area (Å²) in [5.74, 6) is 1.61. The molecule has 51 heavy (non-hydrogen) atoms. The van der Waals surface area contributed by atoms with Gasteiger partial charge in [-0.2, -0.15) is 0 Å². The average Bonchev–Trinajstić information content (AvgIpc) is 3.13. The van der Waals surface area contributed by atoms with Crippen molar-refractivity contribution in [2.75, 3.05) is 6.16 Å². The number of rotatable bonds is 12. The summed E-state index contributed by atoms with van der Waals surface area (Å²) in [6, 6.07) is 45.8. The zero-order chi connectivity index (χ0) is 36.2. The van der Waals surface area contributed by atoms with Gasteiger partial charge in [0.15, 0.2) is 0 Å². The minimum atomic E-state index is -3.73. The first-order chi connectivity index (χ1) is 24.5. The first-order valence-electron chi connectivity index (χ1n) is 18.1. The Hall–Kier alpha value is -4.85. The summed E-state index contributed by atoms with van der Waals surface area (Å²) in [6.45, 7) is 8.58. The zero-order valence-corrected chi connectivity index (χ0v) is 31.8. The fourth-order valence-corrected chi connectivity index (χ4v) is 14.0. The molecule has 6 aromatic carbocycles. The van der Waals surface area contributed by atoms with Crippen LogP contribution in [-0.4, -0.2) is 16.4 Å². The maximum atomic E-state index is 10.7. The Bertz CT molecular complexity index is 1910. The van der Waals surface area contributed by atoms with Crippen molar-refractivity contribution in [2.24, 2.45) is 0 Å². The summed E-state index contributed by atoms with van der Waals surface area (Å²) in [7, 11) is 0. The van der Waals surface area contributed by atoms with Gasteiger partial charge in [-0.05, 0) is 0 Å². The molecule has 0 aliphatic heterocycles. The van der Waals surface area contributed by atoms with Gasteiger partial charge in [0, 0.05) is 0 Å². The number of unbranched alkanes of at least 4 members (excludes halogenated alkanes) is 1. The number of aromatic hydroxyl groups is 2. The average molecular weight is 695 g/mol. The van der Waals surface area contributed by atoms with E-state index in [0.29, 0.717) is 24.3 Å². The molecule has 0 aliphatic rings. The molecular weight excluding hydrogens is 643 g/mol. The normalized spacial score (nSPS) is 12.3. The summed E-state index contributed by atoms with van der Waals surface area (Å²) >= 11 is 0. The molecule has 0 saturated heterocycles. The second-order valence-electron chi connectivity index (χ2n) is 14.3. The van der Waals surface area contributed by atoms with Gasteiger partial charge in [-0.15, -0.1) is 0 Å². The first-order valence-corrected chi connectivity index (χ1v) is 20.5. The Morgan fingerprint density at radius 2 is 0.863 bits per heavy atom. The molecule has 0 heterocycles. The molecule has 6 rings (SSSR count). The van der Waals surface area contributed by atoms with Crippen LogP contribution >= 0.6 is 6.83 Å². The molecular formula is C47H51O3P. The molecule has 6 aromatic rings. The fraction of sp³-hybridized carbons (Fsp3) is 0.234. The van der Waals surface area contributed by atoms with Gasteiger partial charge in [0.05, 0.1) is 0 Å². The van der Waals surface area contributed by atoms with Crippen LogP contribution in [0.3, 0.4) is 0 Å². The molecule has 0 amide bonds. The van der Waals surface area contributed by atoms with Gasteiger partial charge in [0.25, 0.3) is 0 Å². The summed E-state index contributed by atoms with van der Waals surface area (Å²) < 4.78 is 8.31. The second-order valence-corrected chi connectivity index (χ2v) is 18.9. The number of hydrogen-bond donors (Lipinski definition) is 2. The number of phenols is 2. The molecule has 4 heteroatoms. The van der Waals surface area contributed by atoms with Crippen LogP contribution in [0.1, 0.15) is 69.8 Å². The van der Waals surface area contributed by atoms with Crippen LogP contribution in [0.4, 0.5) is 0 Å². The predicted octanol–water partition coefficient (Wildman–Crippen LogP) is 10.4. The molecule has 0 bridgehead atoms. The van der Waals surface area contributed by atoms with Crippen molar-refractivity contribution >= 4 is 22.7 Å². The van der Waals surface area contributed by atoms with E-state index >= 15 is 0 Å². The minimum absolute atomic E-state index is 0.347. The molecule has 0 unspecified atom stereocenters. The summed E-state index contributed by atoms with van der Waals surface area (Å²) in [5, 5.41) is 25.0. The van der Waals surface area contributed by atoms with Crippen LogP contribution in [0.15, 0.2) is 127 Å². The molecule has 0 fully saturated rings. The van der Waals surface area contributed by atoms with Crippen molar-refractivity contribution < 1.29 is 14.7 Å². The van der Waals surface area contributed by atoms with Crippen LogP contribution in [0.2, 0.25) is 0 Å². The van der Waals surface area contributed by atoms with Crippen molar-refractivity contribution in [3.63, 3.8) is 0 Å². The molecule has 0 spiro atoms. The van der Waals surface area contributed by atoms with Crippen molar-refractivity contribution in [1.29, 1.82) is 0 Å². The Balaban J connectivity index is 1.72. The molecule has 0 aromatic heterocycles. The molecule has 0 aliphatic carbocycles. The van der Waals surface area contributed by atoms with Crippen LogP contribution in [0.25, 0.3) is 0 Å². The van der Waals surface area contributed by atoms with Gasteiger partial charge < -0.3 is 0 Å². The maximum absolute atomic E-state index is 10.7. The molecule has 0 saturated carbocycles. The van der Waals surface area contributed by atoms with Gasteiger partial charge in [-0.1, -0.05) is 0 Å². The van der Waals surface area contributed by atoms with E-state index in [1.54, 1.807) is 0 Å². The Kier molecular flexibility index (Phi) is 10.4. The van der Waals surface area contributed by atoms with Crippen LogP contribution in [0.5, 0.6) is 17.2 Å². The van der Waals surface area contributed by atoms with Crippen LogP contribution in [-0.2, 0) is 12.8 Å². The third-order valence-corrected chi connectivity index (χ3v) is 16.3. The topological polar surface area (TPSA) is 49.7 Å². The molecule has 0 atom stereocenters.